The van der Waals surface area contributed by atoms with Crippen LogP contribution in [-0.2, 0) is 9.47 Å². The minimum atomic E-state index is -0.256. The van der Waals surface area contributed by atoms with Crippen LogP contribution in [0.5, 0.6) is 0 Å². The zero-order valence-electron chi connectivity index (χ0n) is 13.8. The van der Waals surface area contributed by atoms with Gasteiger partial charge in [0.05, 0.1) is 42.7 Å². The number of ether oxygens (including phenoxy) is 2. The molecular weight excluding hydrogens is 399 g/mol. The van der Waals surface area contributed by atoms with Crippen molar-refractivity contribution in [2.75, 3.05) is 59.2 Å². The number of morpholine rings is 2. The first-order valence-electron chi connectivity index (χ1n) is 8.16. The molecule has 7 heteroatoms. The molecule has 0 aliphatic carbocycles. The Hall–Kier alpha value is 0.490. The van der Waals surface area contributed by atoms with Crippen LogP contribution < -0.4 is 0 Å². The number of aliphatic hydroxyl groups is 2. The third-order valence-corrected chi connectivity index (χ3v) is 5.67. The fourth-order valence-electron chi connectivity index (χ4n) is 2.34. The van der Waals surface area contributed by atoms with Crippen LogP contribution in [0.2, 0.25) is 0 Å². The molecule has 0 radical (unpaired) electrons. The first kappa shape index (κ1) is 20.5. The van der Waals surface area contributed by atoms with Gasteiger partial charge in [0.25, 0.3) is 0 Å². The summed E-state index contributed by atoms with van der Waals surface area (Å²) in [6.07, 6.45) is 0.430. The molecule has 2 saturated heterocycles. The van der Waals surface area contributed by atoms with Crippen LogP contribution >= 0.6 is 22.6 Å². The molecule has 22 heavy (non-hydrogen) atoms. The summed E-state index contributed by atoms with van der Waals surface area (Å²) in [4.78, 5) is 4.49. The summed E-state index contributed by atoms with van der Waals surface area (Å²) in [6.45, 7) is 11.7. The zero-order chi connectivity index (χ0) is 16.4. The number of alkyl halides is 1. The van der Waals surface area contributed by atoms with Crippen LogP contribution in [0.1, 0.15) is 20.3 Å². The van der Waals surface area contributed by atoms with Gasteiger partial charge in [0, 0.05) is 32.7 Å². The summed E-state index contributed by atoms with van der Waals surface area (Å²) in [5, 5.41) is 18.6. The highest BCUT2D eigenvalue weighted by Gasteiger charge is 2.21. The Morgan fingerprint density at radius 3 is 1.95 bits per heavy atom. The molecular formula is C15H31IN2O4. The molecule has 0 aromatic carbocycles. The Morgan fingerprint density at radius 1 is 1.00 bits per heavy atom. The second-order valence-corrected chi connectivity index (χ2v) is 7.01. The van der Waals surface area contributed by atoms with E-state index in [4.69, 9.17) is 9.47 Å². The maximum atomic E-state index is 9.33. The summed E-state index contributed by atoms with van der Waals surface area (Å²) in [7, 11) is 0. The van der Waals surface area contributed by atoms with Crippen molar-refractivity contribution in [3.8, 4) is 0 Å². The summed E-state index contributed by atoms with van der Waals surface area (Å²) < 4.78 is 10.6. The number of hydrogen-bond acceptors (Lipinski definition) is 6. The SMILES string of the molecule is CC(O)C(I)N1CCOCC1.CCC(O)CN1CCOCC1. The average Bonchev–Trinajstić information content (AvgIpc) is 2.56. The molecule has 132 valence electrons. The lowest BCUT2D eigenvalue weighted by Crippen LogP contribution is -2.44. The van der Waals surface area contributed by atoms with Crippen LogP contribution in [0.25, 0.3) is 0 Å². The molecule has 0 spiro atoms. The summed E-state index contributed by atoms with van der Waals surface area (Å²) in [5.41, 5.74) is 0. The van der Waals surface area contributed by atoms with Crippen LogP contribution in [0.4, 0.5) is 0 Å². The number of rotatable bonds is 5. The average molecular weight is 430 g/mol. The van der Waals surface area contributed by atoms with E-state index in [1.807, 2.05) is 13.8 Å². The Labute approximate surface area is 147 Å². The van der Waals surface area contributed by atoms with Gasteiger partial charge >= 0.3 is 0 Å². The van der Waals surface area contributed by atoms with E-state index in [2.05, 4.69) is 32.4 Å². The van der Waals surface area contributed by atoms with Crippen molar-refractivity contribution < 1.29 is 19.7 Å². The van der Waals surface area contributed by atoms with Gasteiger partial charge in [-0.2, -0.15) is 0 Å². The second kappa shape index (κ2) is 11.9. The lowest BCUT2D eigenvalue weighted by molar-refractivity contribution is 0.0128. The van der Waals surface area contributed by atoms with E-state index in [0.29, 0.717) is 0 Å². The third kappa shape index (κ3) is 8.37. The van der Waals surface area contributed by atoms with Crippen LogP contribution in [0, 0.1) is 0 Å². The normalized spacial score (nSPS) is 25.0. The molecule has 0 saturated carbocycles. The van der Waals surface area contributed by atoms with Crippen molar-refractivity contribution >= 4 is 22.6 Å². The van der Waals surface area contributed by atoms with Crippen molar-refractivity contribution in [1.82, 2.24) is 9.80 Å². The monoisotopic (exact) mass is 430 g/mol. The van der Waals surface area contributed by atoms with E-state index >= 15 is 0 Å². The van der Waals surface area contributed by atoms with E-state index in [9.17, 15) is 10.2 Å². The van der Waals surface area contributed by atoms with Gasteiger partial charge in [0.2, 0.25) is 0 Å². The predicted molar refractivity (Wildman–Crippen MR) is 95.4 cm³/mol. The Kier molecular flexibility index (Phi) is 11.1. The number of β-amino-alcohol motifs (C(OH)–C–C–N with tert-alkyl or cyclic N) is 1. The quantitative estimate of drug-likeness (QED) is 0.378. The minimum Gasteiger partial charge on any atom is -0.392 e. The summed E-state index contributed by atoms with van der Waals surface area (Å²) in [6, 6.07) is 0. The minimum absolute atomic E-state index is 0.159. The van der Waals surface area contributed by atoms with E-state index in [1.165, 1.54) is 0 Å². The van der Waals surface area contributed by atoms with Crippen LogP contribution in [-0.4, -0.2) is 95.4 Å². The van der Waals surface area contributed by atoms with Gasteiger partial charge in [0.1, 0.15) is 0 Å². The molecule has 0 aromatic rings. The van der Waals surface area contributed by atoms with Gasteiger partial charge in [0.15, 0.2) is 0 Å². The highest BCUT2D eigenvalue weighted by Crippen LogP contribution is 2.13. The molecule has 2 fully saturated rings. The van der Waals surface area contributed by atoms with Gasteiger partial charge < -0.3 is 19.7 Å². The van der Waals surface area contributed by atoms with Crippen molar-refractivity contribution in [3.63, 3.8) is 0 Å². The molecule has 0 aromatic heterocycles. The number of halogens is 1. The Morgan fingerprint density at radius 2 is 1.50 bits per heavy atom. The molecule has 2 aliphatic rings. The van der Waals surface area contributed by atoms with Crippen molar-refractivity contribution in [3.05, 3.63) is 0 Å². The van der Waals surface area contributed by atoms with E-state index < -0.39 is 0 Å². The summed E-state index contributed by atoms with van der Waals surface area (Å²) >= 11 is 2.27. The maximum absolute atomic E-state index is 9.33. The molecule has 2 aliphatic heterocycles. The first-order valence-corrected chi connectivity index (χ1v) is 9.41. The highest BCUT2D eigenvalue weighted by atomic mass is 127. The summed E-state index contributed by atoms with van der Waals surface area (Å²) in [5.74, 6) is 0. The highest BCUT2D eigenvalue weighted by molar-refractivity contribution is 14.1. The van der Waals surface area contributed by atoms with Gasteiger partial charge in [-0.1, -0.05) is 29.5 Å². The lowest BCUT2D eigenvalue weighted by Gasteiger charge is -2.32. The van der Waals surface area contributed by atoms with Gasteiger partial charge in [-0.05, 0) is 13.3 Å². The largest absolute Gasteiger partial charge is 0.392 e. The Balaban J connectivity index is 0.000000220. The van der Waals surface area contributed by atoms with Crippen LogP contribution in [0.3, 0.4) is 0 Å². The van der Waals surface area contributed by atoms with Crippen molar-refractivity contribution in [2.24, 2.45) is 0 Å². The van der Waals surface area contributed by atoms with Gasteiger partial charge in [-0.3, -0.25) is 9.80 Å². The molecule has 2 heterocycles. The topological polar surface area (TPSA) is 65.4 Å². The molecule has 2 N–H and O–H groups in total. The number of hydrogen-bond donors (Lipinski definition) is 2. The van der Waals surface area contributed by atoms with E-state index in [1.54, 1.807) is 0 Å². The lowest BCUT2D eigenvalue weighted by atomic mass is 10.2. The standard InChI is InChI=1S/C8H17NO2.C7H14INO2/c1-2-8(10)7-9-3-5-11-6-4-9;1-6(10)7(8)9-2-4-11-5-3-9/h8,10H,2-7H2,1H3;6-7,10H,2-5H2,1H3. The van der Waals surface area contributed by atoms with E-state index in [-0.39, 0.29) is 16.3 Å². The fraction of sp³-hybridized carbons (Fsp3) is 1.00. The molecule has 2 rings (SSSR count). The molecule has 0 bridgehead atoms. The predicted octanol–water partition coefficient (Wildman–Crippen LogP) is 0.550. The zero-order valence-corrected chi connectivity index (χ0v) is 15.9. The van der Waals surface area contributed by atoms with Crippen molar-refractivity contribution in [1.29, 1.82) is 0 Å². The van der Waals surface area contributed by atoms with Crippen LogP contribution in [0.15, 0.2) is 0 Å². The smallest absolute Gasteiger partial charge is 0.0880 e. The number of aliphatic hydroxyl groups excluding tert-OH is 2. The molecule has 3 unspecified atom stereocenters. The van der Waals surface area contributed by atoms with E-state index in [0.717, 1.165) is 65.6 Å². The number of nitrogens with zero attached hydrogens (tertiary/aromatic N) is 2. The Bertz CT molecular complexity index is 272. The molecule has 3 atom stereocenters. The third-order valence-electron chi connectivity index (χ3n) is 3.84. The second-order valence-electron chi connectivity index (χ2n) is 5.74. The van der Waals surface area contributed by atoms with Gasteiger partial charge in [-0.25, -0.2) is 0 Å². The fourth-order valence-corrected chi connectivity index (χ4v) is 2.90. The van der Waals surface area contributed by atoms with Crippen molar-refractivity contribution in [2.45, 2.75) is 36.5 Å². The van der Waals surface area contributed by atoms with Gasteiger partial charge in [-0.15, -0.1) is 0 Å². The molecule has 6 nitrogen and oxygen atoms in total. The maximum Gasteiger partial charge on any atom is 0.0880 e. The first-order chi connectivity index (χ1) is 10.5. The molecule has 0 amide bonds.